The number of aliphatic imine (C=N–C) groups is 1. The standard InChI is InChI=1S/C15H30N6OS/c1-12-19-20-13(21(12)4)10-17-14(16-8-7-9-23-6)18-11-15(2,3)22-5/h7-11H2,1-6H3,(H2,16,17,18). The maximum Gasteiger partial charge on any atom is 0.191 e. The molecular weight excluding hydrogens is 312 g/mol. The van der Waals surface area contributed by atoms with Crippen LogP contribution in [0.4, 0.5) is 0 Å². The van der Waals surface area contributed by atoms with Crippen LogP contribution in [0, 0.1) is 6.92 Å². The van der Waals surface area contributed by atoms with Crippen LogP contribution in [0.25, 0.3) is 0 Å². The smallest absolute Gasteiger partial charge is 0.191 e. The van der Waals surface area contributed by atoms with Crippen LogP contribution in [-0.2, 0) is 18.3 Å². The first-order valence-electron chi connectivity index (χ1n) is 7.80. The zero-order valence-corrected chi connectivity index (χ0v) is 16.0. The Labute approximate surface area is 143 Å². The number of hydrogen-bond acceptors (Lipinski definition) is 5. The van der Waals surface area contributed by atoms with E-state index in [2.05, 4.69) is 32.1 Å². The molecule has 1 heterocycles. The van der Waals surface area contributed by atoms with Crippen LogP contribution in [0.1, 0.15) is 31.9 Å². The van der Waals surface area contributed by atoms with Crippen molar-refractivity contribution in [2.24, 2.45) is 12.0 Å². The summed E-state index contributed by atoms with van der Waals surface area (Å²) >= 11 is 1.85. The Kier molecular flexibility index (Phi) is 8.40. The molecule has 0 saturated heterocycles. The second-order valence-corrected chi connectivity index (χ2v) is 6.96. The molecule has 23 heavy (non-hydrogen) atoms. The van der Waals surface area contributed by atoms with Gasteiger partial charge in [-0.25, -0.2) is 4.99 Å². The zero-order chi connectivity index (χ0) is 17.3. The van der Waals surface area contributed by atoms with Gasteiger partial charge in [-0.05, 0) is 39.2 Å². The number of rotatable bonds is 9. The summed E-state index contributed by atoms with van der Waals surface area (Å²) in [6.07, 6.45) is 3.21. The van der Waals surface area contributed by atoms with Gasteiger partial charge in [0.05, 0.1) is 5.60 Å². The molecule has 0 atom stereocenters. The predicted octanol–water partition coefficient (Wildman–Crippen LogP) is 1.34. The monoisotopic (exact) mass is 342 g/mol. The molecule has 0 radical (unpaired) electrons. The third-order valence-corrected chi connectivity index (χ3v) is 4.31. The maximum atomic E-state index is 5.44. The van der Waals surface area contributed by atoms with Gasteiger partial charge in [0.15, 0.2) is 11.8 Å². The lowest BCUT2D eigenvalue weighted by Crippen LogP contribution is -2.45. The van der Waals surface area contributed by atoms with Gasteiger partial charge in [0.2, 0.25) is 0 Å². The Morgan fingerprint density at radius 1 is 1.35 bits per heavy atom. The van der Waals surface area contributed by atoms with Crippen LogP contribution in [0.2, 0.25) is 0 Å². The van der Waals surface area contributed by atoms with E-state index >= 15 is 0 Å². The molecule has 132 valence electrons. The highest BCUT2D eigenvalue weighted by Crippen LogP contribution is 2.05. The number of nitrogens with one attached hydrogen (secondary N) is 2. The van der Waals surface area contributed by atoms with Gasteiger partial charge < -0.3 is 19.9 Å². The summed E-state index contributed by atoms with van der Waals surface area (Å²) in [6, 6.07) is 0. The van der Waals surface area contributed by atoms with E-state index in [1.54, 1.807) is 7.11 Å². The number of methoxy groups -OCH3 is 1. The van der Waals surface area contributed by atoms with Gasteiger partial charge in [-0.3, -0.25) is 0 Å². The van der Waals surface area contributed by atoms with Crippen molar-refractivity contribution in [1.29, 1.82) is 0 Å². The van der Waals surface area contributed by atoms with Crippen LogP contribution < -0.4 is 10.6 Å². The molecule has 0 aliphatic carbocycles. The van der Waals surface area contributed by atoms with Crippen molar-refractivity contribution in [2.45, 2.75) is 39.3 Å². The molecule has 1 aromatic heterocycles. The normalized spacial score (nSPS) is 12.5. The molecule has 7 nitrogen and oxygen atoms in total. The number of ether oxygens (including phenoxy) is 1. The first-order valence-corrected chi connectivity index (χ1v) is 9.20. The molecule has 0 amide bonds. The summed E-state index contributed by atoms with van der Waals surface area (Å²) < 4.78 is 7.39. The Morgan fingerprint density at radius 2 is 2.09 bits per heavy atom. The van der Waals surface area contributed by atoms with Crippen molar-refractivity contribution in [3.63, 3.8) is 0 Å². The summed E-state index contributed by atoms with van der Waals surface area (Å²) in [5.41, 5.74) is -0.247. The summed E-state index contributed by atoms with van der Waals surface area (Å²) in [5, 5.41) is 14.9. The second kappa shape index (κ2) is 9.77. The number of aryl methyl sites for hydroxylation is 1. The van der Waals surface area contributed by atoms with Gasteiger partial charge in [0.1, 0.15) is 12.4 Å². The van der Waals surface area contributed by atoms with E-state index in [0.717, 1.165) is 36.3 Å². The topological polar surface area (TPSA) is 76.4 Å². The molecule has 1 rings (SSSR count). The molecule has 0 aliphatic rings. The minimum atomic E-state index is -0.247. The van der Waals surface area contributed by atoms with Crippen molar-refractivity contribution < 1.29 is 4.74 Å². The van der Waals surface area contributed by atoms with Crippen LogP contribution in [0.15, 0.2) is 4.99 Å². The zero-order valence-electron chi connectivity index (χ0n) is 15.1. The highest BCUT2D eigenvalue weighted by atomic mass is 32.2. The fraction of sp³-hybridized carbons (Fsp3) is 0.800. The molecule has 1 aromatic rings. The molecule has 2 N–H and O–H groups in total. The van der Waals surface area contributed by atoms with Gasteiger partial charge in [-0.15, -0.1) is 10.2 Å². The average molecular weight is 343 g/mol. The Morgan fingerprint density at radius 3 is 2.65 bits per heavy atom. The molecule has 0 fully saturated rings. The highest BCUT2D eigenvalue weighted by Gasteiger charge is 2.16. The molecule has 0 aliphatic heterocycles. The van der Waals surface area contributed by atoms with Crippen LogP contribution in [0.3, 0.4) is 0 Å². The van der Waals surface area contributed by atoms with Crippen LogP contribution in [-0.4, -0.2) is 58.5 Å². The number of guanidine groups is 1. The first kappa shape index (κ1) is 19.8. The van der Waals surface area contributed by atoms with Gasteiger partial charge in [0, 0.05) is 27.2 Å². The molecule has 0 spiro atoms. The fourth-order valence-electron chi connectivity index (χ4n) is 1.70. The van der Waals surface area contributed by atoms with Crippen molar-refractivity contribution in [3.05, 3.63) is 11.6 Å². The summed E-state index contributed by atoms with van der Waals surface area (Å²) in [7, 11) is 3.67. The third kappa shape index (κ3) is 7.22. The molecule has 0 unspecified atom stereocenters. The van der Waals surface area contributed by atoms with Gasteiger partial charge in [-0.2, -0.15) is 11.8 Å². The van der Waals surface area contributed by atoms with E-state index in [1.165, 1.54) is 0 Å². The van der Waals surface area contributed by atoms with Gasteiger partial charge in [-0.1, -0.05) is 0 Å². The third-order valence-electron chi connectivity index (χ3n) is 3.61. The van der Waals surface area contributed by atoms with Gasteiger partial charge in [0.25, 0.3) is 0 Å². The van der Waals surface area contributed by atoms with Gasteiger partial charge >= 0.3 is 0 Å². The van der Waals surface area contributed by atoms with E-state index in [-0.39, 0.29) is 5.60 Å². The second-order valence-electron chi connectivity index (χ2n) is 5.98. The summed E-state index contributed by atoms with van der Waals surface area (Å²) in [4.78, 5) is 4.61. The Hall–Kier alpha value is -1.28. The summed E-state index contributed by atoms with van der Waals surface area (Å²) in [5.74, 6) is 3.64. The average Bonchev–Trinajstić information content (AvgIpc) is 2.85. The van der Waals surface area contributed by atoms with E-state index in [4.69, 9.17) is 4.74 Å². The van der Waals surface area contributed by atoms with Crippen LogP contribution >= 0.6 is 11.8 Å². The molecule has 8 heteroatoms. The molecular formula is C15H30N6OS. The number of hydrogen-bond donors (Lipinski definition) is 2. The van der Waals surface area contributed by atoms with E-state index in [0.29, 0.717) is 13.1 Å². The van der Waals surface area contributed by atoms with E-state index in [9.17, 15) is 0 Å². The van der Waals surface area contributed by atoms with E-state index in [1.807, 2.05) is 44.1 Å². The lowest BCUT2D eigenvalue weighted by molar-refractivity contribution is 0.0268. The van der Waals surface area contributed by atoms with Crippen molar-refractivity contribution in [1.82, 2.24) is 25.4 Å². The molecule has 0 aromatic carbocycles. The Balaban J connectivity index is 2.64. The van der Waals surface area contributed by atoms with Crippen LogP contribution in [0.5, 0.6) is 0 Å². The quantitative estimate of drug-likeness (QED) is 0.401. The Bertz CT molecular complexity index is 500. The summed E-state index contributed by atoms with van der Waals surface area (Å²) in [6.45, 7) is 8.06. The number of nitrogens with zero attached hydrogens (tertiary/aromatic N) is 4. The molecule has 0 bridgehead atoms. The van der Waals surface area contributed by atoms with Crippen molar-refractivity contribution in [3.8, 4) is 0 Å². The fourth-order valence-corrected chi connectivity index (χ4v) is 2.14. The van der Waals surface area contributed by atoms with E-state index < -0.39 is 0 Å². The maximum absolute atomic E-state index is 5.44. The largest absolute Gasteiger partial charge is 0.377 e. The first-order chi connectivity index (χ1) is 10.9. The minimum Gasteiger partial charge on any atom is -0.377 e. The minimum absolute atomic E-state index is 0.247. The lowest BCUT2D eigenvalue weighted by atomic mass is 10.1. The highest BCUT2D eigenvalue weighted by molar-refractivity contribution is 7.98. The van der Waals surface area contributed by atoms with Crippen molar-refractivity contribution >= 4 is 17.7 Å². The SMILES string of the molecule is COC(C)(C)CNC(=NCc1nnc(C)n1C)NCCCSC. The number of thioether (sulfide) groups is 1. The number of aromatic nitrogens is 3. The predicted molar refractivity (Wildman–Crippen MR) is 97.0 cm³/mol. The molecule has 0 saturated carbocycles. The lowest BCUT2D eigenvalue weighted by Gasteiger charge is -2.24. The van der Waals surface area contributed by atoms with Crippen molar-refractivity contribution in [2.75, 3.05) is 32.2 Å².